The molecule has 1 saturated heterocycles. The second-order valence-corrected chi connectivity index (χ2v) is 7.65. The van der Waals surface area contributed by atoms with Crippen LogP contribution in [0.15, 0.2) is 48.7 Å². The van der Waals surface area contributed by atoms with Gasteiger partial charge in [-0.05, 0) is 61.2 Å². The first-order chi connectivity index (χ1) is 12.4. The quantitative estimate of drug-likeness (QED) is 0.735. The van der Waals surface area contributed by atoms with Crippen LogP contribution in [0.2, 0.25) is 0 Å². The van der Waals surface area contributed by atoms with Crippen molar-refractivity contribution >= 4 is 10.8 Å². The summed E-state index contributed by atoms with van der Waals surface area (Å²) in [6.45, 7) is 2.48. The summed E-state index contributed by atoms with van der Waals surface area (Å²) in [5, 5.41) is 10.3. The van der Waals surface area contributed by atoms with Crippen molar-refractivity contribution < 1.29 is 0 Å². The summed E-state index contributed by atoms with van der Waals surface area (Å²) < 4.78 is 0. The van der Waals surface area contributed by atoms with E-state index >= 15 is 0 Å². The molecule has 1 saturated carbocycles. The molecule has 0 atom stereocenters. The van der Waals surface area contributed by atoms with E-state index < -0.39 is 0 Å². The van der Waals surface area contributed by atoms with Gasteiger partial charge in [0.05, 0.1) is 6.20 Å². The molecule has 2 aromatic carbocycles. The molecule has 0 bridgehead atoms. The van der Waals surface area contributed by atoms with Gasteiger partial charge in [-0.1, -0.05) is 42.8 Å². The Morgan fingerprint density at radius 3 is 2.48 bits per heavy atom. The third-order valence-electron chi connectivity index (χ3n) is 6.26. The highest BCUT2D eigenvalue weighted by Gasteiger charge is 2.30. The van der Waals surface area contributed by atoms with Gasteiger partial charge in [0.25, 0.3) is 0 Å². The fourth-order valence-electron chi connectivity index (χ4n) is 4.50. The molecule has 2 aliphatic rings. The van der Waals surface area contributed by atoms with Gasteiger partial charge < -0.3 is 4.90 Å². The molecule has 0 radical (unpaired) electrons. The molecule has 3 nitrogen and oxygen atoms in total. The Balaban J connectivity index is 1.39. The minimum absolute atomic E-state index is 0.611. The van der Waals surface area contributed by atoms with E-state index in [0.717, 1.165) is 6.04 Å². The maximum atomic E-state index is 4.40. The monoisotopic (exact) mass is 331 g/mol. The molecule has 0 unspecified atom stereocenters. The van der Waals surface area contributed by atoms with Crippen LogP contribution < -0.4 is 0 Å². The van der Waals surface area contributed by atoms with Crippen molar-refractivity contribution in [3.8, 4) is 11.1 Å². The van der Waals surface area contributed by atoms with Gasteiger partial charge in [-0.25, -0.2) is 0 Å². The van der Waals surface area contributed by atoms with Gasteiger partial charge in [-0.2, -0.15) is 5.10 Å². The van der Waals surface area contributed by atoms with E-state index in [1.165, 1.54) is 72.8 Å². The molecule has 0 spiro atoms. The summed E-state index contributed by atoms with van der Waals surface area (Å²) in [5.41, 5.74) is 3.90. The van der Waals surface area contributed by atoms with E-state index in [1.54, 1.807) is 0 Å². The Kier molecular flexibility index (Phi) is 3.82. The van der Waals surface area contributed by atoms with E-state index in [0.29, 0.717) is 5.92 Å². The van der Waals surface area contributed by atoms with Crippen molar-refractivity contribution in [3.05, 3.63) is 54.4 Å². The van der Waals surface area contributed by atoms with Crippen molar-refractivity contribution in [3.63, 3.8) is 0 Å². The van der Waals surface area contributed by atoms with Crippen LogP contribution in [0.5, 0.6) is 0 Å². The number of rotatable bonds is 3. The van der Waals surface area contributed by atoms with Crippen LogP contribution in [0.1, 0.15) is 43.7 Å². The molecule has 1 aliphatic carbocycles. The standard InChI is InChI=1S/C22H25N3/c1-2-5-18-14-19(9-8-16(18)4-1)21-15-23-24-22(21)17-10-12-25(13-11-17)20-6-3-7-20/h1-2,4-5,8-9,14-15,17,20H,3,6-7,10-13H2,(H,23,24). The molecule has 0 amide bonds. The fraction of sp³-hybridized carbons (Fsp3) is 0.409. The number of hydrogen-bond acceptors (Lipinski definition) is 2. The van der Waals surface area contributed by atoms with Crippen LogP contribution in [0.25, 0.3) is 21.9 Å². The summed E-state index contributed by atoms with van der Waals surface area (Å²) >= 11 is 0. The first-order valence-corrected chi connectivity index (χ1v) is 9.65. The van der Waals surface area contributed by atoms with Crippen LogP contribution >= 0.6 is 0 Å². The van der Waals surface area contributed by atoms with Crippen molar-refractivity contribution in [1.29, 1.82) is 0 Å². The SMILES string of the molecule is c1ccc2cc(-c3cn[nH]c3C3CCN(C4CCC4)CC3)ccc2c1. The smallest absolute Gasteiger partial charge is 0.0568 e. The van der Waals surface area contributed by atoms with Crippen molar-refractivity contribution in [2.45, 2.75) is 44.1 Å². The third kappa shape index (κ3) is 2.77. The molecular weight excluding hydrogens is 306 g/mol. The van der Waals surface area contributed by atoms with Gasteiger partial charge >= 0.3 is 0 Å². The van der Waals surface area contributed by atoms with Gasteiger partial charge in [0, 0.05) is 23.2 Å². The third-order valence-corrected chi connectivity index (χ3v) is 6.26. The second kappa shape index (κ2) is 6.30. The Hall–Kier alpha value is -2.13. The minimum atomic E-state index is 0.611. The summed E-state index contributed by atoms with van der Waals surface area (Å²) in [6, 6.07) is 16.2. The minimum Gasteiger partial charge on any atom is -0.300 e. The Morgan fingerprint density at radius 2 is 1.72 bits per heavy atom. The van der Waals surface area contributed by atoms with Crippen LogP contribution in [0.4, 0.5) is 0 Å². The number of likely N-dealkylation sites (tertiary alicyclic amines) is 1. The summed E-state index contributed by atoms with van der Waals surface area (Å²) in [5.74, 6) is 0.611. The number of nitrogens with zero attached hydrogens (tertiary/aromatic N) is 2. The average molecular weight is 331 g/mol. The number of nitrogens with one attached hydrogen (secondary N) is 1. The van der Waals surface area contributed by atoms with E-state index in [4.69, 9.17) is 0 Å². The molecule has 5 rings (SSSR count). The van der Waals surface area contributed by atoms with Crippen molar-refractivity contribution in [2.75, 3.05) is 13.1 Å². The number of piperidine rings is 1. The second-order valence-electron chi connectivity index (χ2n) is 7.65. The Labute approximate surface area is 149 Å². The number of H-pyrrole nitrogens is 1. The Bertz CT molecular complexity index is 870. The zero-order valence-electron chi connectivity index (χ0n) is 14.6. The summed E-state index contributed by atoms with van der Waals surface area (Å²) in [4.78, 5) is 2.71. The molecule has 1 aromatic heterocycles. The maximum Gasteiger partial charge on any atom is 0.0568 e. The molecule has 25 heavy (non-hydrogen) atoms. The maximum absolute atomic E-state index is 4.40. The number of benzene rings is 2. The number of aromatic amines is 1. The van der Waals surface area contributed by atoms with Gasteiger partial charge in [0.15, 0.2) is 0 Å². The summed E-state index contributed by atoms with van der Waals surface area (Å²) in [7, 11) is 0. The molecule has 1 aliphatic heterocycles. The molecule has 1 N–H and O–H groups in total. The summed E-state index contributed by atoms with van der Waals surface area (Å²) in [6.07, 6.45) is 8.77. The van der Waals surface area contributed by atoms with Crippen LogP contribution in [-0.4, -0.2) is 34.2 Å². The van der Waals surface area contributed by atoms with Crippen molar-refractivity contribution in [2.24, 2.45) is 0 Å². The largest absolute Gasteiger partial charge is 0.300 e. The zero-order chi connectivity index (χ0) is 16.6. The normalized spacial score (nSPS) is 20.0. The van der Waals surface area contributed by atoms with Crippen LogP contribution in [0, 0.1) is 0 Å². The number of hydrogen-bond donors (Lipinski definition) is 1. The van der Waals surface area contributed by atoms with Gasteiger partial charge in [-0.3, -0.25) is 5.10 Å². The predicted octanol–water partition coefficient (Wildman–Crippen LogP) is 4.96. The zero-order valence-corrected chi connectivity index (χ0v) is 14.6. The van der Waals surface area contributed by atoms with Gasteiger partial charge in [-0.15, -0.1) is 0 Å². The lowest BCUT2D eigenvalue weighted by molar-refractivity contribution is 0.0970. The van der Waals surface area contributed by atoms with E-state index in [2.05, 4.69) is 57.6 Å². The molecule has 2 heterocycles. The highest BCUT2D eigenvalue weighted by Crippen LogP contribution is 2.37. The fourth-order valence-corrected chi connectivity index (χ4v) is 4.50. The average Bonchev–Trinajstić information content (AvgIpc) is 3.10. The van der Waals surface area contributed by atoms with E-state index in [1.807, 2.05) is 6.20 Å². The van der Waals surface area contributed by atoms with Gasteiger partial charge in [0.1, 0.15) is 0 Å². The first-order valence-electron chi connectivity index (χ1n) is 9.65. The number of fused-ring (bicyclic) bond motifs is 1. The Morgan fingerprint density at radius 1 is 0.920 bits per heavy atom. The highest BCUT2D eigenvalue weighted by atomic mass is 15.2. The van der Waals surface area contributed by atoms with Gasteiger partial charge in [0.2, 0.25) is 0 Å². The number of aromatic nitrogens is 2. The van der Waals surface area contributed by atoms with Crippen molar-refractivity contribution in [1.82, 2.24) is 15.1 Å². The van der Waals surface area contributed by atoms with Crippen LogP contribution in [-0.2, 0) is 0 Å². The molecular formula is C22H25N3. The lowest BCUT2D eigenvalue weighted by atomic mass is 9.85. The van der Waals surface area contributed by atoms with E-state index in [-0.39, 0.29) is 0 Å². The van der Waals surface area contributed by atoms with E-state index in [9.17, 15) is 0 Å². The first kappa shape index (κ1) is 15.2. The molecule has 2 fully saturated rings. The van der Waals surface area contributed by atoms with Crippen LogP contribution in [0.3, 0.4) is 0 Å². The topological polar surface area (TPSA) is 31.9 Å². The predicted molar refractivity (Wildman–Crippen MR) is 103 cm³/mol. The lowest BCUT2D eigenvalue weighted by Crippen LogP contribution is -2.44. The highest BCUT2D eigenvalue weighted by molar-refractivity contribution is 5.87. The molecule has 3 heteroatoms. The lowest BCUT2D eigenvalue weighted by Gasteiger charge is -2.41. The molecule has 128 valence electrons. The molecule has 3 aromatic rings.